The predicted molar refractivity (Wildman–Crippen MR) is 102 cm³/mol. The van der Waals surface area contributed by atoms with Crippen molar-refractivity contribution in [3.05, 3.63) is 41.5 Å². The van der Waals surface area contributed by atoms with E-state index in [9.17, 15) is 13.6 Å². The number of nitrogens with one attached hydrogen (secondary N) is 1. The van der Waals surface area contributed by atoms with Crippen LogP contribution in [0.3, 0.4) is 0 Å². The summed E-state index contributed by atoms with van der Waals surface area (Å²) in [5.41, 5.74) is 2.33. The first-order chi connectivity index (χ1) is 13.7. The third-order valence-corrected chi connectivity index (χ3v) is 4.38. The molecule has 0 unspecified atom stereocenters. The van der Waals surface area contributed by atoms with E-state index in [-0.39, 0.29) is 24.0 Å². The fourth-order valence-electron chi connectivity index (χ4n) is 3.01. The lowest BCUT2D eigenvalue weighted by atomic mass is 10.1. The Hall–Kier alpha value is -3.07. The molecule has 9 heteroatoms. The van der Waals surface area contributed by atoms with Gasteiger partial charge in [0.2, 0.25) is 5.91 Å². The number of halogens is 2. The van der Waals surface area contributed by atoms with Crippen LogP contribution in [0.1, 0.15) is 11.1 Å². The lowest BCUT2D eigenvalue weighted by Crippen LogP contribution is -2.30. The van der Waals surface area contributed by atoms with Gasteiger partial charge in [-0.15, -0.1) is 8.78 Å². The number of alkyl halides is 2. The van der Waals surface area contributed by atoms with Crippen LogP contribution in [0.4, 0.5) is 14.5 Å². The SMILES string of the molecule is COc1cc(C)c(CN(C)CC(=O)Nc2ccc3c(c2)OC(F)(F)O3)cc1OC. The molecule has 1 amide bonds. The van der Waals surface area contributed by atoms with Gasteiger partial charge in [-0.05, 0) is 49.4 Å². The summed E-state index contributed by atoms with van der Waals surface area (Å²) < 4.78 is 45.5. The molecule has 29 heavy (non-hydrogen) atoms. The minimum Gasteiger partial charge on any atom is -0.493 e. The Labute approximate surface area is 167 Å². The van der Waals surface area contributed by atoms with Gasteiger partial charge >= 0.3 is 6.29 Å². The number of hydrogen-bond acceptors (Lipinski definition) is 6. The molecule has 1 heterocycles. The number of nitrogens with zero attached hydrogens (tertiary/aromatic N) is 1. The van der Waals surface area contributed by atoms with Crippen LogP contribution in [-0.4, -0.2) is 44.9 Å². The van der Waals surface area contributed by atoms with E-state index in [1.807, 2.05) is 24.0 Å². The van der Waals surface area contributed by atoms with E-state index in [0.717, 1.165) is 11.1 Å². The van der Waals surface area contributed by atoms with Crippen molar-refractivity contribution in [2.75, 3.05) is 33.1 Å². The monoisotopic (exact) mass is 408 g/mol. The average molecular weight is 408 g/mol. The van der Waals surface area contributed by atoms with Crippen LogP contribution in [0.25, 0.3) is 0 Å². The van der Waals surface area contributed by atoms with Crippen molar-refractivity contribution < 1.29 is 32.5 Å². The van der Waals surface area contributed by atoms with Gasteiger partial charge in [-0.1, -0.05) is 0 Å². The number of anilines is 1. The molecule has 2 aromatic rings. The van der Waals surface area contributed by atoms with Crippen LogP contribution in [-0.2, 0) is 11.3 Å². The number of ether oxygens (including phenoxy) is 4. The van der Waals surface area contributed by atoms with Crippen LogP contribution >= 0.6 is 0 Å². The Bertz CT molecular complexity index is 920. The topological polar surface area (TPSA) is 69.3 Å². The number of methoxy groups -OCH3 is 2. The molecule has 1 aliphatic rings. The van der Waals surface area contributed by atoms with Crippen molar-refractivity contribution in [3.8, 4) is 23.0 Å². The van der Waals surface area contributed by atoms with E-state index >= 15 is 0 Å². The van der Waals surface area contributed by atoms with Gasteiger partial charge in [0.15, 0.2) is 23.0 Å². The molecule has 156 valence electrons. The number of carbonyl (C=O) groups is 1. The van der Waals surface area contributed by atoms with Gasteiger partial charge in [0.25, 0.3) is 0 Å². The minimum atomic E-state index is -3.69. The molecular formula is C20H22F2N2O5. The van der Waals surface area contributed by atoms with Crippen LogP contribution in [0.2, 0.25) is 0 Å². The molecule has 0 saturated heterocycles. The highest BCUT2D eigenvalue weighted by Gasteiger charge is 2.43. The molecule has 1 N–H and O–H groups in total. The first kappa shape index (κ1) is 20.7. The first-order valence-electron chi connectivity index (χ1n) is 8.80. The van der Waals surface area contributed by atoms with Gasteiger partial charge in [0.1, 0.15) is 0 Å². The standard InChI is InChI=1S/C20H22F2N2O5/c1-12-7-16(26-3)17(27-4)8-13(12)10-24(2)11-19(25)23-14-5-6-15-18(9-14)29-20(21,22)28-15/h5-9H,10-11H2,1-4H3,(H,23,25). The minimum absolute atomic E-state index is 0.0750. The quantitative estimate of drug-likeness (QED) is 0.757. The third-order valence-electron chi connectivity index (χ3n) is 4.38. The molecule has 2 aromatic carbocycles. The van der Waals surface area contributed by atoms with Crippen molar-refractivity contribution in [3.63, 3.8) is 0 Å². The van der Waals surface area contributed by atoms with E-state index in [1.165, 1.54) is 18.2 Å². The Balaban J connectivity index is 1.61. The number of fused-ring (bicyclic) bond motifs is 1. The zero-order valence-corrected chi connectivity index (χ0v) is 16.5. The maximum absolute atomic E-state index is 13.1. The molecule has 0 radical (unpaired) electrons. The van der Waals surface area contributed by atoms with E-state index in [4.69, 9.17) is 9.47 Å². The fourth-order valence-corrected chi connectivity index (χ4v) is 3.01. The molecule has 1 aliphatic heterocycles. The summed E-state index contributed by atoms with van der Waals surface area (Å²) in [6.45, 7) is 2.55. The number of benzene rings is 2. The molecular weight excluding hydrogens is 386 g/mol. The Morgan fingerprint density at radius 1 is 1.10 bits per heavy atom. The smallest absolute Gasteiger partial charge is 0.493 e. The van der Waals surface area contributed by atoms with Gasteiger partial charge in [-0.2, -0.15) is 0 Å². The summed E-state index contributed by atoms with van der Waals surface area (Å²) >= 11 is 0. The average Bonchev–Trinajstić information content (AvgIpc) is 2.95. The van der Waals surface area contributed by atoms with Gasteiger partial charge in [0.05, 0.1) is 20.8 Å². The highest BCUT2D eigenvalue weighted by Crippen LogP contribution is 2.42. The van der Waals surface area contributed by atoms with Crippen molar-refractivity contribution in [2.24, 2.45) is 0 Å². The van der Waals surface area contributed by atoms with E-state index < -0.39 is 6.29 Å². The van der Waals surface area contributed by atoms with Crippen LogP contribution < -0.4 is 24.3 Å². The summed E-state index contributed by atoms with van der Waals surface area (Å²) in [4.78, 5) is 14.2. The molecule has 0 bridgehead atoms. The highest BCUT2D eigenvalue weighted by molar-refractivity contribution is 5.92. The second-order valence-electron chi connectivity index (χ2n) is 6.68. The van der Waals surface area contributed by atoms with E-state index in [0.29, 0.717) is 23.7 Å². The van der Waals surface area contributed by atoms with Gasteiger partial charge in [0, 0.05) is 18.3 Å². The zero-order chi connectivity index (χ0) is 21.2. The van der Waals surface area contributed by atoms with Crippen LogP contribution in [0.5, 0.6) is 23.0 Å². The number of amides is 1. The summed E-state index contributed by atoms with van der Waals surface area (Å²) in [5.74, 6) is 0.762. The summed E-state index contributed by atoms with van der Waals surface area (Å²) in [5, 5.41) is 2.67. The van der Waals surface area contributed by atoms with Crippen molar-refractivity contribution in [2.45, 2.75) is 19.8 Å². The summed E-state index contributed by atoms with van der Waals surface area (Å²) in [6, 6.07) is 7.85. The molecule has 7 nitrogen and oxygen atoms in total. The molecule has 0 aromatic heterocycles. The Morgan fingerprint density at radius 3 is 2.45 bits per heavy atom. The Morgan fingerprint density at radius 2 is 1.76 bits per heavy atom. The number of likely N-dealkylation sites (N-methyl/N-ethyl adjacent to an activating group) is 1. The second-order valence-corrected chi connectivity index (χ2v) is 6.68. The lowest BCUT2D eigenvalue weighted by Gasteiger charge is -2.19. The zero-order valence-electron chi connectivity index (χ0n) is 16.5. The number of aryl methyl sites for hydroxylation is 1. The van der Waals surface area contributed by atoms with Gasteiger partial charge in [-0.3, -0.25) is 9.69 Å². The number of carbonyl (C=O) groups excluding carboxylic acids is 1. The van der Waals surface area contributed by atoms with Crippen LogP contribution in [0.15, 0.2) is 30.3 Å². The largest absolute Gasteiger partial charge is 0.586 e. The molecule has 0 atom stereocenters. The molecule has 3 rings (SSSR count). The number of rotatable bonds is 7. The normalized spacial score (nSPS) is 14.0. The third kappa shape index (κ3) is 4.86. The number of hydrogen-bond donors (Lipinski definition) is 1. The van der Waals surface area contributed by atoms with Crippen molar-refractivity contribution >= 4 is 11.6 Å². The maximum atomic E-state index is 13.1. The molecule has 0 fully saturated rings. The lowest BCUT2D eigenvalue weighted by molar-refractivity contribution is -0.286. The van der Waals surface area contributed by atoms with Crippen LogP contribution in [0, 0.1) is 6.92 Å². The Kier molecular flexibility index (Phi) is 5.78. The molecule has 0 saturated carbocycles. The first-order valence-corrected chi connectivity index (χ1v) is 8.80. The highest BCUT2D eigenvalue weighted by atomic mass is 19.3. The summed E-state index contributed by atoms with van der Waals surface area (Å²) in [6.07, 6.45) is -3.69. The van der Waals surface area contributed by atoms with Gasteiger partial charge < -0.3 is 24.3 Å². The summed E-state index contributed by atoms with van der Waals surface area (Å²) in [7, 11) is 4.94. The predicted octanol–water partition coefficient (Wildman–Crippen LogP) is 3.40. The fraction of sp³-hybridized carbons (Fsp3) is 0.350. The molecule has 0 spiro atoms. The second kappa shape index (κ2) is 8.12. The molecule has 0 aliphatic carbocycles. The van der Waals surface area contributed by atoms with E-state index in [1.54, 1.807) is 21.3 Å². The van der Waals surface area contributed by atoms with Crippen molar-refractivity contribution in [1.82, 2.24) is 4.90 Å². The van der Waals surface area contributed by atoms with Crippen molar-refractivity contribution in [1.29, 1.82) is 0 Å². The van der Waals surface area contributed by atoms with Gasteiger partial charge in [-0.25, -0.2) is 0 Å². The van der Waals surface area contributed by atoms with E-state index in [2.05, 4.69) is 14.8 Å². The maximum Gasteiger partial charge on any atom is 0.586 e.